The standard InChI is InChI=1S/C14H20N2O/c1-5-11-6-7-12-13(8-11)16(10(2)17)14(3,4)9-15-12/h6-8,15H,5,9H2,1-4H3. The largest absolute Gasteiger partial charge is 0.381 e. The fourth-order valence-electron chi connectivity index (χ4n) is 2.44. The van der Waals surface area contributed by atoms with E-state index in [-0.39, 0.29) is 11.4 Å². The number of fused-ring (bicyclic) bond motifs is 1. The number of aryl methyl sites for hydroxylation is 1. The van der Waals surface area contributed by atoms with Gasteiger partial charge >= 0.3 is 0 Å². The van der Waals surface area contributed by atoms with Gasteiger partial charge in [-0.1, -0.05) is 13.0 Å². The molecule has 1 amide bonds. The van der Waals surface area contributed by atoms with Crippen molar-refractivity contribution in [3.8, 4) is 0 Å². The van der Waals surface area contributed by atoms with Crippen LogP contribution in [0, 0.1) is 0 Å². The van der Waals surface area contributed by atoms with Gasteiger partial charge in [-0.05, 0) is 38.0 Å². The Morgan fingerprint density at radius 3 is 2.76 bits per heavy atom. The summed E-state index contributed by atoms with van der Waals surface area (Å²) in [7, 11) is 0. The third-order valence-corrected chi connectivity index (χ3v) is 3.34. The Labute approximate surface area is 103 Å². The van der Waals surface area contributed by atoms with Crippen LogP contribution in [0.2, 0.25) is 0 Å². The Kier molecular flexibility index (Phi) is 2.86. The molecule has 0 aromatic heterocycles. The molecular weight excluding hydrogens is 212 g/mol. The summed E-state index contributed by atoms with van der Waals surface area (Å²) in [6.07, 6.45) is 0.986. The average Bonchev–Trinajstić information content (AvgIpc) is 2.26. The molecule has 1 aromatic rings. The summed E-state index contributed by atoms with van der Waals surface area (Å²) in [5, 5.41) is 3.40. The lowest BCUT2D eigenvalue weighted by atomic mass is 9.96. The van der Waals surface area contributed by atoms with Gasteiger partial charge in [0.05, 0.1) is 16.9 Å². The second-order valence-corrected chi connectivity index (χ2v) is 5.23. The molecule has 0 bridgehead atoms. The lowest BCUT2D eigenvalue weighted by Crippen LogP contribution is -2.54. The van der Waals surface area contributed by atoms with Crippen molar-refractivity contribution >= 4 is 17.3 Å². The molecule has 0 saturated heterocycles. The van der Waals surface area contributed by atoms with Gasteiger partial charge in [0, 0.05) is 13.5 Å². The number of amides is 1. The highest BCUT2D eigenvalue weighted by molar-refractivity contribution is 5.97. The van der Waals surface area contributed by atoms with Gasteiger partial charge in [-0.25, -0.2) is 0 Å². The van der Waals surface area contributed by atoms with Crippen molar-refractivity contribution in [1.82, 2.24) is 0 Å². The number of nitrogens with one attached hydrogen (secondary N) is 1. The van der Waals surface area contributed by atoms with Crippen LogP contribution >= 0.6 is 0 Å². The van der Waals surface area contributed by atoms with Gasteiger partial charge in [-0.15, -0.1) is 0 Å². The molecule has 3 heteroatoms. The minimum atomic E-state index is -0.175. The van der Waals surface area contributed by atoms with Crippen LogP contribution in [0.4, 0.5) is 11.4 Å². The second-order valence-electron chi connectivity index (χ2n) is 5.23. The van der Waals surface area contributed by atoms with Gasteiger partial charge in [0.25, 0.3) is 0 Å². The van der Waals surface area contributed by atoms with Crippen molar-refractivity contribution in [2.75, 3.05) is 16.8 Å². The molecule has 92 valence electrons. The van der Waals surface area contributed by atoms with E-state index < -0.39 is 0 Å². The highest BCUT2D eigenvalue weighted by atomic mass is 16.2. The number of benzene rings is 1. The molecule has 0 saturated carbocycles. The van der Waals surface area contributed by atoms with Gasteiger partial charge in [0.15, 0.2) is 0 Å². The van der Waals surface area contributed by atoms with Crippen LogP contribution in [0.25, 0.3) is 0 Å². The van der Waals surface area contributed by atoms with E-state index in [4.69, 9.17) is 0 Å². The van der Waals surface area contributed by atoms with E-state index in [2.05, 4.69) is 44.3 Å². The molecule has 0 fully saturated rings. The number of carbonyl (C=O) groups excluding carboxylic acids is 1. The van der Waals surface area contributed by atoms with Crippen molar-refractivity contribution in [3.63, 3.8) is 0 Å². The molecule has 17 heavy (non-hydrogen) atoms. The molecule has 0 atom stereocenters. The quantitative estimate of drug-likeness (QED) is 0.807. The van der Waals surface area contributed by atoms with Crippen molar-refractivity contribution in [2.45, 2.75) is 39.7 Å². The number of nitrogens with zero attached hydrogens (tertiary/aromatic N) is 1. The summed E-state index contributed by atoms with van der Waals surface area (Å²) >= 11 is 0. The van der Waals surface area contributed by atoms with Gasteiger partial charge < -0.3 is 10.2 Å². The molecular formula is C14H20N2O. The van der Waals surface area contributed by atoms with Gasteiger partial charge in [0.1, 0.15) is 0 Å². The van der Waals surface area contributed by atoms with Crippen LogP contribution in [-0.2, 0) is 11.2 Å². The molecule has 0 spiro atoms. The van der Waals surface area contributed by atoms with Crippen LogP contribution in [0.3, 0.4) is 0 Å². The first-order valence-electron chi connectivity index (χ1n) is 6.13. The molecule has 1 N–H and O–H groups in total. The van der Waals surface area contributed by atoms with E-state index in [1.54, 1.807) is 6.92 Å². The number of anilines is 2. The van der Waals surface area contributed by atoms with Crippen LogP contribution in [0.1, 0.15) is 33.3 Å². The van der Waals surface area contributed by atoms with Crippen molar-refractivity contribution in [1.29, 1.82) is 0 Å². The lowest BCUT2D eigenvalue weighted by Gasteiger charge is -2.43. The highest BCUT2D eigenvalue weighted by Crippen LogP contribution is 2.36. The number of carbonyl (C=O) groups is 1. The number of hydrogen-bond acceptors (Lipinski definition) is 2. The normalized spacial score (nSPS) is 17.3. The molecule has 1 aromatic carbocycles. The first-order valence-corrected chi connectivity index (χ1v) is 6.13. The fraction of sp³-hybridized carbons (Fsp3) is 0.500. The predicted molar refractivity (Wildman–Crippen MR) is 71.5 cm³/mol. The Hall–Kier alpha value is -1.51. The summed E-state index contributed by atoms with van der Waals surface area (Å²) in [5.41, 5.74) is 3.14. The number of rotatable bonds is 1. The Bertz CT molecular complexity index is 452. The minimum absolute atomic E-state index is 0.103. The molecule has 0 unspecified atom stereocenters. The second kappa shape index (κ2) is 4.06. The SMILES string of the molecule is CCc1ccc2c(c1)N(C(C)=O)C(C)(C)CN2. The summed E-state index contributed by atoms with van der Waals surface area (Å²) in [5.74, 6) is 0.103. The first-order chi connectivity index (χ1) is 7.95. The van der Waals surface area contributed by atoms with E-state index in [0.29, 0.717) is 0 Å². The Morgan fingerprint density at radius 2 is 2.18 bits per heavy atom. The first kappa shape index (κ1) is 12.0. The third kappa shape index (κ3) is 2.02. The molecule has 1 aliphatic heterocycles. The van der Waals surface area contributed by atoms with Gasteiger partial charge in [-0.3, -0.25) is 4.79 Å². The van der Waals surface area contributed by atoms with Gasteiger partial charge in [0.2, 0.25) is 5.91 Å². The predicted octanol–water partition coefficient (Wildman–Crippen LogP) is 2.81. The van der Waals surface area contributed by atoms with E-state index in [9.17, 15) is 4.79 Å². The van der Waals surface area contributed by atoms with Crippen LogP contribution in [0.5, 0.6) is 0 Å². The maximum atomic E-state index is 11.9. The maximum Gasteiger partial charge on any atom is 0.224 e. The molecule has 3 nitrogen and oxygen atoms in total. The Morgan fingerprint density at radius 1 is 1.47 bits per heavy atom. The zero-order valence-corrected chi connectivity index (χ0v) is 11.0. The zero-order valence-electron chi connectivity index (χ0n) is 11.0. The van der Waals surface area contributed by atoms with E-state index >= 15 is 0 Å². The van der Waals surface area contributed by atoms with Crippen molar-refractivity contribution in [3.05, 3.63) is 23.8 Å². The molecule has 1 aliphatic rings. The van der Waals surface area contributed by atoms with Crippen LogP contribution in [0.15, 0.2) is 18.2 Å². The topological polar surface area (TPSA) is 32.3 Å². The average molecular weight is 232 g/mol. The summed E-state index contributed by atoms with van der Waals surface area (Å²) in [6, 6.07) is 6.30. The third-order valence-electron chi connectivity index (χ3n) is 3.34. The number of hydrogen-bond donors (Lipinski definition) is 1. The zero-order chi connectivity index (χ0) is 12.6. The van der Waals surface area contributed by atoms with Crippen molar-refractivity contribution < 1.29 is 4.79 Å². The monoisotopic (exact) mass is 232 g/mol. The summed E-state index contributed by atoms with van der Waals surface area (Å²) < 4.78 is 0. The van der Waals surface area contributed by atoms with Gasteiger partial charge in [-0.2, -0.15) is 0 Å². The lowest BCUT2D eigenvalue weighted by molar-refractivity contribution is -0.117. The molecule has 0 radical (unpaired) electrons. The molecule has 0 aliphatic carbocycles. The van der Waals surface area contributed by atoms with Crippen LogP contribution < -0.4 is 10.2 Å². The van der Waals surface area contributed by atoms with E-state index in [1.165, 1.54) is 5.56 Å². The summed E-state index contributed by atoms with van der Waals surface area (Å²) in [6.45, 7) is 8.72. The molecule has 2 rings (SSSR count). The molecule has 1 heterocycles. The highest BCUT2D eigenvalue weighted by Gasteiger charge is 2.35. The Balaban J connectivity index is 2.54. The van der Waals surface area contributed by atoms with E-state index in [0.717, 1.165) is 24.3 Å². The minimum Gasteiger partial charge on any atom is -0.381 e. The smallest absolute Gasteiger partial charge is 0.224 e. The van der Waals surface area contributed by atoms with Crippen LogP contribution in [-0.4, -0.2) is 18.0 Å². The van der Waals surface area contributed by atoms with Crippen molar-refractivity contribution in [2.24, 2.45) is 0 Å². The van der Waals surface area contributed by atoms with E-state index in [1.807, 2.05) is 4.90 Å². The fourth-order valence-corrected chi connectivity index (χ4v) is 2.44. The maximum absolute atomic E-state index is 11.9. The summed E-state index contributed by atoms with van der Waals surface area (Å²) in [4.78, 5) is 13.8.